The molecule has 1 rings (SSSR count). The monoisotopic (exact) mass is 286 g/mol. The molecule has 0 unspecified atom stereocenters. The number of thioether (sulfide) groups is 1. The second-order valence-electron chi connectivity index (χ2n) is 5.34. The summed E-state index contributed by atoms with van der Waals surface area (Å²) in [4.78, 5) is 11.0. The van der Waals surface area contributed by atoms with Crippen LogP contribution in [0.1, 0.15) is 15.9 Å². The highest BCUT2D eigenvalue weighted by molar-refractivity contribution is 7.98. The molecule has 0 aromatic heterocycles. The van der Waals surface area contributed by atoms with E-state index in [4.69, 9.17) is 11.6 Å². The normalized spacial score (nSPS) is 11.5. The van der Waals surface area contributed by atoms with E-state index in [1.807, 2.05) is 30.0 Å². The van der Waals surface area contributed by atoms with Gasteiger partial charge in [0.15, 0.2) is 0 Å². The van der Waals surface area contributed by atoms with Gasteiger partial charge in [0.1, 0.15) is 0 Å². The van der Waals surface area contributed by atoms with Gasteiger partial charge in [0.2, 0.25) is 0 Å². The first-order chi connectivity index (χ1) is 7.88. The van der Waals surface area contributed by atoms with Crippen LogP contribution in [0.3, 0.4) is 0 Å². The lowest BCUT2D eigenvalue weighted by Crippen LogP contribution is -2.19. The third kappa shape index (κ3) is 6.29. The minimum Gasteiger partial charge on any atom is -0.276 e. The SMILES string of the molecule is C[Si](C)(C)CCSCc1cccc(C(=O)Cl)c1. The van der Waals surface area contributed by atoms with E-state index in [-0.39, 0.29) is 5.24 Å². The van der Waals surface area contributed by atoms with Crippen LogP contribution in [0.2, 0.25) is 25.7 Å². The summed E-state index contributed by atoms with van der Waals surface area (Å²) in [5, 5.41) is -0.376. The maximum atomic E-state index is 11.0. The molecule has 0 saturated carbocycles. The summed E-state index contributed by atoms with van der Waals surface area (Å²) in [5.74, 6) is 2.16. The topological polar surface area (TPSA) is 17.1 Å². The summed E-state index contributed by atoms with van der Waals surface area (Å²) in [7, 11) is -0.920. The van der Waals surface area contributed by atoms with Gasteiger partial charge in [-0.05, 0) is 35.0 Å². The third-order valence-electron chi connectivity index (χ3n) is 2.42. The van der Waals surface area contributed by atoms with Gasteiger partial charge < -0.3 is 0 Å². The van der Waals surface area contributed by atoms with Gasteiger partial charge in [0.25, 0.3) is 5.24 Å². The Kier molecular flexibility index (Phi) is 5.76. The number of carbonyl (C=O) groups excluding carboxylic acids is 1. The van der Waals surface area contributed by atoms with Gasteiger partial charge in [-0.2, -0.15) is 11.8 Å². The standard InChI is InChI=1S/C13H19ClOSSi/c1-17(2,3)8-7-16-10-11-5-4-6-12(9-11)13(14)15/h4-6,9H,7-8,10H2,1-3H3. The van der Waals surface area contributed by atoms with E-state index >= 15 is 0 Å². The van der Waals surface area contributed by atoms with Crippen LogP contribution in [0.15, 0.2) is 24.3 Å². The minimum atomic E-state index is -0.920. The molecule has 0 amide bonds. The lowest BCUT2D eigenvalue weighted by atomic mass is 10.2. The Morgan fingerprint density at radius 2 is 2.06 bits per heavy atom. The van der Waals surface area contributed by atoms with Gasteiger partial charge in [0.05, 0.1) is 0 Å². The first-order valence-electron chi connectivity index (χ1n) is 5.75. The Bertz CT molecular complexity index is 387. The summed E-state index contributed by atoms with van der Waals surface area (Å²) in [6, 6.07) is 8.92. The van der Waals surface area contributed by atoms with Crippen LogP contribution in [0.5, 0.6) is 0 Å². The first-order valence-corrected chi connectivity index (χ1v) is 11.0. The average Bonchev–Trinajstić information content (AvgIpc) is 2.23. The number of halogens is 1. The average molecular weight is 287 g/mol. The second-order valence-corrected chi connectivity index (χ2v) is 12.4. The number of rotatable bonds is 6. The zero-order valence-electron chi connectivity index (χ0n) is 10.6. The van der Waals surface area contributed by atoms with Gasteiger partial charge in [0, 0.05) is 19.4 Å². The van der Waals surface area contributed by atoms with Crippen molar-refractivity contribution in [2.24, 2.45) is 0 Å². The van der Waals surface area contributed by atoms with Crippen molar-refractivity contribution in [3.63, 3.8) is 0 Å². The molecule has 0 aliphatic heterocycles. The van der Waals surface area contributed by atoms with Crippen molar-refractivity contribution in [1.29, 1.82) is 0 Å². The lowest BCUT2D eigenvalue weighted by molar-refractivity contribution is 0.108. The maximum Gasteiger partial charge on any atom is 0.252 e. The van der Waals surface area contributed by atoms with Crippen LogP contribution >= 0.6 is 23.4 Å². The van der Waals surface area contributed by atoms with Crippen LogP contribution in [0.4, 0.5) is 0 Å². The highest BCUT2D eigenvalue weighted by atomic mass is 35.5. The molecule has 0 atom stereocenters. The number of hydrogen-bond donors (Lipinski definition) is 0. The number of benzene rings is 1. The second kappa shape index (κ2) is 6.62. The Hall–Kier alpha value is -0.253. The maximum absolute atomic E-state index is 11.0. The smallest absolute Gasteiger partial charge is 0.252 e. The van der Waals surface area contributed by atoms with Crippen molar-refractivity contribution in [2.45, 2.75) is 31.4 Å². The van der Waals surface area contributed by atoms with E-state index < -0.39 is 8.07 Å². The van der Waals surface area contributed by atoms with Crippen molar-refractivity contribution >= 4 is 36.7 Å². The zero-order valence-corrected chi connectivity index (χ0v) is 13.2. The molecule has 1 nitrogen and oxygen atoms in total. The lowest BCUT2D eigenvalue weighted by Gasteiger charge is -2.14. The highest BCUT2D eigenvalue weighted by Crippen LogP contribution is 2.19. The highest BCUT2D eigenvalue weighted by Gasteiger charge is 2.11. The summed E-state index contributed by atoms with van der Waals surface area (Å²) in [5.41, 5.74) is 1.77. The van der Waals surface area contributed by atoms with Crippen molar-refractivity contribution in [1.82, 2.24) is 0 Å². The Morgan fingerprint density at radius 1 is 1.35 bits per heavy atom. The molecule has 0 aliphatic rings. The molecule has 0 fully saturated rings. The van der Waals surface area contributed by atoms with Crippen LogP contribution in [0.25, 0.3) is 0 Å². The van der Waals surface area contributed by atoms with Crippen molar-refractivity contribution in [2.75, 3.05) is 5.75 Å². The summed E-state index contributed by atoms with van der Waals surface area (Å²) < 4.78 is 0. The Morgan fingerprint density at radius 3 is 2.65 bits per heavy atom. The van der Waals surface area contributed by atoms with Crippen LogP contribution in [0, 0.1) is 0 Å². The molecule has 0 spiro atoms. The Labute approximate surface area is 114 Å². The molecule has 94 valence electrons. The minimum absolute atomic E-state index is 0.376. The van der Waals surface area contributed by atoms with E-state index in [9.17, 15) is 4.79 Å². The third-order valence-corrected chi connectivity index (χ3v) is 5.78. The van der Waals surface area contributed by atoms with Gasteiger partial charge in [-0.15, -0.1) is 0 Å². The molecule has 0 heterocycles. The molecular weight excluding hydrogens is 268 g/mol. The van der Waals surface area contributed by atoms with Crippen molar-refractivity contribution < 1.29 is 4.79 Å². The largest absolute Gasteiger partial charge is 0.276 e. The fraction of sp³-hybridized carbons (Fsp3) is 0.462. The van der Waals surface area contributed by atoms with Crippen LogP contribution < -0.4 is 0 Å². The summed E-state index contributed by atoms with van der Waals surface area (Å²) in [6.45, 7) is 7.17. The van der Waals surface area contributed by atoms with Gasteiger partial charge in [-0.1, -0.05) is 37.8 Å². The molecular formula is C13H19ClOSSi. The van der Waals surface area contributed by atoms with E-state index in [1.54, 1.807) is 6.07 Å². The van der Waals surface area contributed by atoms with E-state index in [0.29, 0.717) is 5.56 Å². The van der Waals surface area contributed by atoms with Crippen LogP contribution in [-0.4, -0.2) is 19.1 Å². The molecule has 0 bridgehead atoms. The van der Waals surface area contributed by atoms with E-state index in [1.165, 1.54) is 17.4 Å². The Balaban J connectivity index is 2.42. The van der Waals surface area contributed by atoms with E-state index in [2.05, 4.69) is 19.6 Å². The van der Waals surface area contributed by atoms with Gasteiger partial charge >= 0.3 is 0 Å². The first kappa shape index (κ1) is 14.8. The quantitative estimate of drug-likeness (QED) is 0.431. The number of carbonyl (C=O) groups is 1. The predicted molar refractivity (Wildman–Crippen MR) is 80.9 cm³/mol. The molecule has 0 saturated heterocycles. The van der Waals surface area contributed by atoms with Crippen molar-refractivity contribution in [3.05, 3.63) is 35.4 Å². The molecule has 1 aromatic carbocycles. The molecule has 0 N–H and O–H groups in total. The zero-order chi connectivity index (χ0) is 12.9. The fourth-order valence-electron chi connectivity index (χ4n) is 1.35. The van der Waals surface area contributed by atoms with E-state index in [0.717, 1.165) is 5.75 Å². The molecule has 4 heteroatoms. The summed E-state index contributed by atoms with van der Waals surface area (Å²) in [6.07, 6.45) is 0. The molecule has 17 heavy (non-hydrogen) atoms. The van der Waals surface area contributed by atoms with Gasteiger partial charge in [-0.3, -0.25) is 4.79 Å². The summed E-state index contributed by atoms with van der Waals surface area (Å²) >= 11 is 7.39. The van der Waals surface area contributed by atoms with Crippen LogP contribution in [-0.2, 0) is 5.75 Å². The van der Waals surface area contributed by atoms with Crippen molar-refractivity contribution in [3.8, 4) is 0 Å². The molecule has 1 aromatic rings. The predicted octanol–water partition coefficient (Wildman–Crippen LogP) is 4.64. The molecule has 0 aliphatic carbocycles. The molecule has 0 radical (unpaired) electrons. The fourth-order valence-corrected chi connectivity index (χ4v) is 5.06. The van der Waals surface area contributed by atoms with Gasteiger partial charge in [-0.25, -0.2) is 0 Å². The number of hydrogen-bond acceptors (Lipinski definition) is 2.